The zero-order valence-electron chi connectivity index (χ0n) is 11.4. The lowest BCUT2D eigenvalue weighted by molar-refractivity contribution is -0.115. The van der Waals surface area contributed by atoms with Crippen molar-refractivity contribution >= 4 is 52.5 Å². The molecule has 2 heterocycles. The van der Waals surface area contributed by atoms with Crippen molar-refractivity contribution in [3.05, 3.63) is 51.4 Å². The average Bonchev–Trinajstić information content (AvgIpc) is 2.92. The van der Waals surface area contributed by atoms with E-state index in [0.717, 1.165) is 5.69 Å². The number of amides is 1. The summed E-state index contributed by atoms with van der Waals surface area (Å²) in [4.78, 5) is 11.7. The molecule has 1 amide bonds. The minimum absolute atomic E-state index is 0.271. The molecule has 2 N–H and O–H groups in total. The predicted molar refractivity (Wildman–Crippen MR) is 90.2 cm³/mol. The molecular formula is C14H10Cl2N4OS. The van der Waals surface area contributed by atoms with Gasteiger partial charge in [-0.2, -0.15) is 5.10 Å². The molecule has 8 heteroatoms. The van der Waals surface area contributed by atoms with Gasteiger partial charge in [0.05, 0.1) is 11.4 Å². The molecular weight excluding hydrogens is 343 g/mol. The van der Waals surface area contributed by atoms with Crippen molar-refractivity contribution in [2.24, 2.45) is 0 Å². The van der Waals surface area contributed by atoms with Gasteiger partial charge >= 0.3 is 0 Å². The molecule has 0 spiro atoms. The SMILES string of the molecule is Cc1nn(-c2cccc(Cl)c2)c(Cl)c1/C=C1\NC(=S)NC1=O. The highest BCUT2D eigenvalue weighted by Gasteiger charge is 2.22. The number of thiocarbonyl (C=S) groups is 1. The lowest BCUT2D eigenvalue weighted by atomic mass is 10.2. The van der Waals surface area contributed by atoms with E-state index in [9.17, 15) is 4.79 Å². The molecule has 1 aromatic carbocycles. The molecule has 1 aliphatic rings. The molecule has 1 aliphatic heterocycles. The van der Waals surface area contributed by atoms with Crippen LogP contribution in [0.2, 0.25) is 10.2 Å². The second kappa shape index (κ2) is 5.72. The summed E-state index contributed by atoms with van der Waals surface area (Å²) in [6, 6.07) is 7.18. The summed E-state index contributed by atoms with van der Waals surface area (Å²) in [6.45, 7) is 1.81. The highest BCUT2D eigenvalue weighted by molar-refractivity contribution is 7.80. The smallest absolute Gasteiger partial charge is 0.273 e. The van der Waals surface area contributed by atoms with E-state index in [1.54, 1.807) is 22.9 Å². The Morgan fingerprint density at radius 3 is 2.73 bits per heavy atom. The Bertz CT molecular complexity index is 828. The van der Waals surface area contributed by atoms with Crippen LogP contribution >= 0.6 is 35.4 Å². The minimum atomic E-state index is -0.295. The van der Waals surface area contributed by atoms with Crippen LogP contribution in [0.1, 0.15) is 11.3 Å². The van der Waals surface area contributed by atoms with Crippen molar-refractivity contribution in [2.45, 2.75) is 6.92 Å². The van der Waals surface area contributed by atoms with Crippen molar-refractivity contribution in [3.63, 3.8) is 0 Å². The van der Waals surface area contributed by atoms with Crippen LogP contribution in [0, 0.1) is 6.92 Å². The van der Waals surface area contributed by atoms with E-state index in [2.05, 4.69) is 15.7 Å². The Labute approximate surface area is 141 Å². The zero-order valence-corrected chi connectivity index (χ0v) is 13.7. The molecule has 2 aromatic rings. The van der Waals surface area contributed by atoms with Gasteiger partial charge < -0.3 is 5.32 Å². The second-order valence-corrected chi connectivity index (χ2v) is 5.85. The fraction of sp³-hybridized carbons (Fsp3) is 0.0714. The summed E-state index contributed by atoms with van der Waals surface area (Å²) < 4.78 is 1.57. The number of hydrogen-bond donors (Lipinski definition) is 2. The molecule has 22 heavy (non-hydrogen) atoms. The number of aryl methyl sites for hydroxylation is 1. The highest BCUT2D eigenvalue weighted by Crippen LogP contribution is 2.26. The molecule has 0 unspecified atom stereocenters. The first kappa shape index (κ1) is 15.0. The molecule has 112 valence electrons. The summed E-state index contributed by atoms with van der Waals surface area (Å²) in [5.74, 6) is -0.295. The van der Waals surface area contributed by atoms with Gasteiger partial charge in [-0.1, -0.05) is 29.3 Å². The number of nitrogens with one attached hydrogen (secondary N) is 2. The maximum absolute atomic E-state index is 11.7. The largest absolute Gasteiger partial charge is 0.328 e. The monoisotopic (exact) mass is 352 g/mol. The standard InChI is InChI=1S/C14H10Cl2N4OS/c1-7-10(6-11-13(21)18-14(22)17-11)12(16)20(19-7)9-4-2-3-8(15)5-9/h2-6H,1H3,(H2,17,18,21,22)/b11-6-. The van der Waals surface area contributed by atoms with Crippen LogP contribution in [-0.2, 0) is 4.79 Å². The summed E-state index contributed by atoms with van der Waals surface area (Å²) >= 11 is 17.3. The average molecular weight is 353 g/mol. The summed E-state index contributed by atoms with van der Waals surface area (Å²) in [7, 11) is 0. The van der Waals surface area contributed by atoms with Crippen molar-refractivity contribution < 1.29 is 4.79 Å². The summed E-state index contributed by atoms with van der Waals surface area (Å²) in [5.41, 5.74) is 2.40. The van der Waals surface area contributed by atoms with Crippen LogP contribution in [0.3, 0.4) is 0 Å². The number of rotatable bonds is 2. The van der Waals surface area contributed by atoms with Gasteiger partial charge in [-0.15, -0.1) is 0 Å². The van der Waals surface area contributed by atoms with E-state index in [4.69, 9.17) is 35.4 Å². The van der Waals surface area contributed by atoms with Crippen molar-refractivity contribution in [1.29, 1.82) is 0 Å². The van der Waals surface area contributed by atoms with Gasteiger partial charge in [-0.05, 0) is 43.4 Å². The highest BCUT2D eigenvalue weighted by atomic mass is 35.5. The number of halogens is 2. The molecule has 1 aromatic heterocycles. The molecule has 1 fully saturated rings. The molecule has 5 nitrogen and oxygen atoms in total. The van der Waals surface area contributed by atoms with Crippen LogP contribution in [0.4, 0.5) is 0 Å². The lowest BCUT2D eigenvalue weighted by Crippen LogP contribution is -2.21. The molecule has 1 saturated heterocycles. The van der Waals surface area contributed by atoms with Gasteiger partial charge in [0.25, 0.3) is 5.91 Å². The topological polar surface area (TPSA) is 59.0 Å². The first-order valence-corrected chi connectivity index (χ1v) is 7.47. The fourth-order valence-corrected chi connectivity index (χ4v) is 2.79. The molecule has 0 aliphatic carbocycles. The van der Waals surface area contributed by atoms with Crippen LogP contribution < -0.4 is 10.6 Å². The van der Waals surface area contributed by atoms with E-state index in [-0.39, 0.29) is 11.0 Å². The third-order valence-corrected chi connectivity index (χ3v) is 3.91. The predicted octanol–water partition coefficient (Wildman–Crippen LogP) is 2.83. The van der Waals surface area contributed by atoms with Crippen LogP contribution in [-0.4, -0.2) is 20.8 Å². The Balaban J connectivity index is 2.06. The minimum Gasteiger partial charge on any atom is -0.328 e. The number of aromatic nitrogens is 2. The molecule has 0 radical (unpaired) electrons. The van der Waals surface area contributed by atoms with Crippen LogP contribution in [0.25, 0.3) is 11.8 Å². The normalized spacial score (nSPS) is 16.0. The van der Waals surface area contributed by atoms with Gasteiger partial charge in [-0.3, -0.25) is 10.1 Å². The zero-order chi connectivity index (χ0) is 15.9. The Kier molecular flexibility index (Phi) is 3.90. The summed E-state index contributed by atoms with van der Waals surface area (Å²) in [6.07, 6.45) is 1.63. The molecule has 0 saturated carbocycles. The summed E-state index contributed by atoms with van der Waals surface area (Å²) in [5, 5.41) is 10.9. The third-order valence-electron chi connectivity index (χ3n) is 3.11. The quantitative estimate of drug-likeness (QED) is 0.644. The maximum Gasteiger partial charge on any atom is 0.273 e. The number of carbonyl (C=O) groups is 1. The van der Waals surface area contributed by atoms with Crippen LogP contribution in [0.15, 0.2) is 30.0 Å². The molecule has 0 bridgehead atoms. The van der Waals surface area contributed by atoms with Gasteiger partial charge in [0.1, 0.15) is 10.9 Å². The number of nitrogens with zero attached hydrogens (tertiary/aromatic N) is 2. The number of carbonyl (C=O) groups excluding carboxylic acids is 1. The maximum atomic E-state index is 11.7. The van der Waals surface area contributed by atoms with E-state index >= 15 is 0 Å². The Morgan fingerprint density at radius 2 is 2.09 bits per heavy atom. The van der Waals surface area contributed by atoms with Crippen molar-refractivity contribution in [1.82, 2.24) is 20.4 Å². The first-order chi connectivity index (χ1) is 10.5. The lowest BCUT2D eigenvalue weighted by Gasteiger charge is -2.03. The van der Waals surface area contributed by atoms with Crippen molar-refractivity contribution in [3.8, 4) is 5.69 Å². The van der Waals surface area contributed by atoms with Gasteiger partial charge in [0.2, 0.25) is 0 Å². The second-order valence-electron chi connectivity index (χ2n) is 4.65. The van der Waals surface area contributed by atoms with E-state index in [1.165, 1.54) is 0 Å². The first-order valence-electron chi connectivity index (χ1n) is 6.31. The molecule has 0 atom stereocenters. The number of hydrogen-bond acceptors (Lipinski definition) is 3. The van der Waals surface area contributed by atoms with Gasteiger partial charge in [-0.25, -0.2) is 4.68 Å². The Morgan fingerprint density at radius 1 is 1.32 bits per heavy atom. The van der Waals surface area contributed by atoms with Gasteiger partial charge in [0, 0.05) is 10.6 Å². The van der Waals surface area contributed by atoms with Crippen LogP contribution in [0.5, 0.6) is 0 Å². The van der Waals surface area contributed by atoms with E-state index in [0.29, 0.717) is 27.1 Å². The fourth-order valence-electron chi connectivity index (χ4n) is 2.08. The number of benzene rings is 1. The van der Waals surface area contributed by atoms with E-state index in [1.807, 2.05) is 19.1 Å². The van der Waals surface area contributed by atoms with E-state index < -0.39 is 0 Å². The third kappa shape index (κ3) is 2.72. The van der Waals surface area contributed by atoms with Crippen molar-refractivity contribution in [2.75, 3.05) is 0 Å². The Hall–Kier alpha value is -1.89. The van der Waals surface area contributed by atoms with Gasteiger partial charge in [0.15, 0.2) is 5.11 Å². The molecule has 3 rings (SSSR count).